The topological polar surface area (TPSA) is 43.9 Å². The molecule has 0 saturated carbocycles. The van der Waals surface area contributed by atoms with Crippen molar-refractivity contribution in [1.29, 1.82) is 0 Å². The molecule has 0 aliphatic rings. The first kappa shape index (κ1) is 36.2. The molecule has 8 aromatic rings. The van der Waals surface area contributed by atoms with Crippen molar-refractivity contribution >= 4 is 46.2 Å². The van der Waals surface area contributed by atoms with Crippen LogP contribution in [0.3, 0.4) is 0 Å². The molecule has 0 aliphatic carbocycles. The molecule has 0 fully saturated rings. The fourth-order valence-electron chi connectivity index (χ4n) is 6.71. The molecule has 51 heavy (non-hydrogen) atoms. The van der Waals surface area contributed by atoms with Crippen molar-refractivity contribution in [1.82, 2.24) is 14.5 Å². The third-order valence-corrected chi connectivity index (χ3v) is 11.1. The number of benzene rings is 5. The zero-order valence-electron chi connectivity index (χ0n) is 30.1. The number of rotatable bonds is 7. The maximum Gasteiger partial charge on any atom is 0.120 e. The van der Waals surface area contributed by atoms with Crippen LogP contribution in [0.5, 0.6) is 0 Å². The summed E-state index contributed by atoms with van der Waals surface area (Å²) in [4.78, 5) is 9.70. The summed E-state index contributed by atoms with van der Waals surface area (Å²) >= 11 is 0. The van der Waals surface area contributed by atoms with Gasteiger partial charge in [-0.2, -0.15) is 0 Å². The SMILES string of the molecule is Cc1cc[c-]c(-c2cc(CC(C)C)c([Si](C)(C)C)cn2)c1.[Ir].[c-]1ccc2c(oc3ccccc32)c1-c1nc2ccccc2n1Cc1ccccc1. The zero-order chi connectivity index (χ0) is 34.8. The van der Waals surface area contributed by atoms with Gasteiger partial charge in [0.05, 0.1) is 30.5 Å². The van der Waals surface area contributed by atoms with Gasteiger partial charge in [0, 0.05) is 38.2 Å². The normalized spacial score (nSPS) is 11.5. The molecular weight excluding hydrogens is 819 g/mol. The van der Waals surface area contributed by atoms with Crippen LogP contribution in [-0.2, 0) is 33.1 Å². The first-order valence-electron chi connectivity index (χ1n) is 17.5. The van der Waals surface area contributed by atoms with Gasteiger partial charge in [0.2, 0.25) is 0 Å². The molecule has 4 nitrogen and oxygen atoms in total. The second kappa shape index (κ2) is 15.3. The largest absolute Gasteiger partial charge is 0.501 e. The first-order valence-corrected chi connectivity index (χ1v) is 21.0. The quantitative estimate of drug-likeness (QED) is 0.118. The molecule has 8 rings (SSSR count). The summed E-state index contributed by atoms with van der Waals surface area (Å²) in [6.45, 7) is 14.6. The van der Waals surface area contributed by atoms with E-state index >= 15 is 0 Å². The minimum Gasteiger partial charge on any atom is -0.501 e. The monoisotopic (exact) mass is 862 g/mol. The summed E-state index contributed by atoms with van der Waals surface area (Å²) in [6, 6.07) is 46.1. The fourth-order valence-corrected chi connectivity index (χ4v) is 8.29. The Morgan fingerprint density at radius 2 is 1.53 bits per heavy atom. The molecule has 0 spiro atoms. The number of para-hydroxylation sites is 3. The molecule has 3 aromatic heterocycles. The van der Waals surface area contributed by atoms with Gasteiger partial charge in [-0.3, -0.25) is 4.98 Å². The summed E-state index contributed by atoms with van der Waals surface area (Å²) in [6.07, 6.45) is 3.25. The number of pyridine rings is 1. The molecule has 5 aromatic carbocycles. The Balaban J connectivity index is 0.000000182. The Morgan fingerprint density at radius 1 is 0.804 bits per heavy atom. The number of hydrogen-bond donors (Lipinski definition) is 0. The minimum absolute atomic E-state index is 0. The van der Waals surface area contributed by atoms with E-state index in [-0.39, 0.29) is 20.1 Å². The molecular formula is C45H43IrN3OSi-2. The van der Waals surface area contributed by atoms with Crippen LogP contribution in [-0.4, -0.2) is 22.6 Å². The second-order valence-electron chi connectivity index (χ2n) is 14.5. The maximum atomic E-state index is 6.25. The van der Waals surface area contributed by atoms with Crippen LogP contribution < -0.4 is 5.19 Å². The van der Waals surface area contributed by atoms with Gasteiger partial charge >= 0.3 is 0 Å². The van der Waals surface area contributed by atoms with Crippen LogP contribution in [0.4, 0.5) is 0 Å². The van der Waals surface area contributed by atoms with Crippen molar-refractivity contribution in [3.05, 3.63) is 150 Å². The van der Waals surface area contributed by atoms with E-state index in [1.165, 1.54) is 21.9 Å². The van der Waals surface area contributed by atoms with E-state index in [1.54, 1.807) is 0 Å². The minimum atomic E-state index is -1.35. The van der Waals surface area contributed by atoms with Crippen LogP contribution in [0.15, 0.2) is 126 Å². The third-order valence-electron chi connectivity index (χ3n) is 9.06. The number of aryl methyl sites for hydroxylation is 1. The van der Waals surface area contributed by atoms with E-state index in [1.807, 2.05) is 42.5 Å². The molecule has 6 heteroatoms. The van der Waals surface area contributed by atoms with E-state index in [2.05, 4.69) is 136 Å². The zero-order valence-corrected chi connectivity index (χ0v) is 33.5. The Kier molecular flexibility index (Phi) is 10.9. The van der Waals surface area contributed by atoms with Gasteiger partial charge in [-0.1, -0.05) is 124 Å². The van der Waals surface area contributed by atoms with Gasteiger partial charge in [-0.25, -0.2) is 0 Å². The van der Waals surface area contributed by atoms with Gasteiger partial charge in [0.1, 0.15) is 5.58 Å². The van der Waals surface area contributed by atoms with E-state index in [0.29, 0.717) is 5.92 Å². The Hall–Kier alpha value is -4.61. The molecule has 0 amide bonds. The average Bonchev–Trinajstić information content (AvgIpc) is 3.67. The number of hydrogen-bond acceptors (Lipinski definition) is 3. The molecule has 3 heterocycles. The molecule has 1 radical (unpaired) electrons. The molecule has 259 valence electrons. The number of fused-ring (bicyclic) bond motifs is 4. The standard InChI is InChI=1S/C26H17N2O.C19H26NSi.Ir/c1-2-9-18(10-3-1)17-28-23-15-6-5-14-22(23)27-26(28)21-13-8-12-20-19-11-4-7-16-24(19)29-25(20)21;1-14(2)10-17-12-18(16-9-7-8-15(3)11-16)20-13-19(17)21(4,5)6;/h1-12,14-16H,17H2;7-8,11-14H,10H2,1-6H3;/q2*-1;. The Labute approximate surface area is 316 Å². The molecule has 0 aliphatic heterocycles. The van der Waals surface area contributed by atoms with Crippen molar-refractivity contribution in [3.8, 4) is 22.6 Å². The fraction of sp³-hybridized carbons (Fsp3) is 0.200. The van der Waals surface area contributed by atoms with Crippen LogP contribution in [0.1, 0.15) is 30.5 Å². The van der Waals surface area contributed by atoms with Gasteiger partial charge in [0.15, 0.2) is 0 Å². The number of furan rings is 1. The molecule has 0 atom stereocenters. The molecule has 0 unspecified atom stereocenters. The van der Waals surface area contributed by atoms with E-state index in [4.69, 9.17) is 14.4 Å². The number of nitrogens with zero attached hydrogens (tertiary/aromatic N) is 3. The van der Waals surface area contributed by atoms with Crippen LogP contribution in [0, 0.1) is 25.0 Å². The van der Waals surface area contributed by atoms with Crippen LogP contribution in [0.25, 0.3) is 55.6 Å². The van der Waals surface area contributed by atoms with Crippen molar-refractivity contribution in [3.63, 3.8) is 0 Å². The first-order chi connectivity index (χ1) is 24.2. The molecule has 0 saturated heterocycles. The van der Waals surface area contributed by atoms with E-state index < -0.39 is 8.07 Å². The van der Waals surface area contributed by atoms with Crippen molar-refractivity contribution in [2.75, 3.05) is 0 Å². The summed E-state index contributed by atoms with van der Waals surface area (Å²) in [5.74, 6) is 1.54. The van der Waals surface area contributed by atoms with Crippen molar-refractivity contribution in [2.24, 2.45) is 5.92 Å². The number of imidazole rings is 1. The smallest absolute Gasteiger partial charge is 0.120 e. The molecule has 0 bridgehead atoms. The van der Waals surface area contributed by atoms with Crippen molar-refractivity contribution < 1.29 is 24.5 Å². The van der Waals surface area contributed by atoms with E-state index in [0.717, 1.165) is 68.6 Å². The third kappa shape index (κ3) is 7.84. The summed E-state index contributed by atoms with van der Waals surface area (Å²) < 4.78 is 8.51. The van der Waals surface area contributed by atoms with Crippen molar-refractivity contribution in [2.45, 2.75) is 53.4 Å². The summed E-state index contributed by atoms with van der Waals surface area (Å²) in [7, 11) is -1.35. The number of aromatic nitrogens is 3. The van der Waals surface area contributed by atoms with Crippen LogP contribution in [0.2, 0.25) is 19.6 Å². The second-order valence-corrected chi connectivity index (χ2v) is 19.6. The predicted molar refractivity (Wildman–Crippen MR) is 212 cm³/mol. The Morgan fingerprint density at radius 3 is 2.29 bits per heavy atom. The maximum absolute atomic E-state index is 6.25. The predicted octanol–water partition coefficient (Wildman–Crippen LogP) is 11.0. The Bertz CT molecular complexity index is 2420. The summed E-state index contributed by atoms with van der Waals surface area (Å²) in [5, 5.41) is 3.70. The van der Waals surface area contributed by atoms with Gasteiger partial charge < -0.3 is 14.0 Å². The average molecular weight is 862 g/mol. The van der Waals surface area contributed by atoms with Crippen LogP contribution >= 0.6 is 0 Å². The molecule has 0 N–H and O–H groups in total. The van der Waals surface area contributed by atoms with Gasteiger partial charge in [0.25, 0.3) is 0 Å². The van der Waals surface area contributed by atoms with Gasteiger partial charge in [-0.05, 0) is 47.0 Å². The van der Waals surface area contributed by atoms with Gasteiger partial charge in [-0.15, -0.1) is 53.6 Å². The van der Waals surface area contributed by atoms with E-state index in [9.17, 15) is 0 Å². The summed E-state index contributed by atoms with van der Waals surface area (Å²) in [5.41, 5.74) is 10.8.